The minimum absolute atomic E-state index is 0.134. The number of ether oxygens (including phenoxy) is 1. The van der Waals surface area contributed by atoms with Crippen molar-refractivity contribution in [3.8, 4) is 0 Å². The molecule has 1 heterocycles. The van der Waals surface area contributed by atoms with E-state index < -0.39 is 65.7 Å². The number of rotatable bonds is 14. The van der Waals surface area contributed by atoms with Crippen LogP contribution in [-0.2, 0) is 38.3 Å². The standard InChI is InChI=1S/C25H40ClN5O8/c1-13(2)21(18(32)12-26)30-24(37)17-8-7-11-31(17)25(38)16(5)29-23(36)15(4)28-22(35)14(3)27-19(33)9-10-20(34)39-6/h13-17,21H,7-12H2,1-6H3,(H,27,33)(H,28,35)(H,29,36)(H,30,37)/t14-,15+,16-,17-,21?/m0/s1. The van der Waals surface area contributed by atoms with Crippen LogP contribution in [0.3, 0.4) is 0 Å². The fourth-order valence-electron chi connectivity index (χ4n) is 4.00. The maximum atomic E-state index is 13.1. The maximum absolute atomic E-state index is 13.1. The number of nitrogens with one attached hydrogen (secondary N) is 4. The predicted octanol–water partition coefficient (Wildman–Crippen LogP) is -0.607. The van der Waals surface area contributed by atoms with Crippen LogP contribution in [0, 0.1) is 5.92 Å². The zero-order valence-corrected chi connectivity index (χ0v) is 24.1. The molecule has 5 atom stereocenters. The summed E-state index contributed by atoms with van der Waals surface area (Å²) in [6, 6.07) is -4.57. The molecule has 1 fully saturated rings. The first-order chi connectivity index (χ1) is 18.2. The van der Waals surface area contributed by atoms with Crippen molar-refractivity contribution in [3.05, 3.63) is 0 Å². The summed E-state index contributed by atoms with van der Waals surface area (Å²) in [6.45, 7) is 8.19. The summed E-state index contributed by atoms with van der Waals surface area (Å²) >= 11 is 5.66. The highest BCUT2D eigenvalue weighted by Crippen LogP contribution is 2.19. The number of hydrogen-bond acceptors (Lipinski definition) is 8. The first-order valence-electron chi connectivity index (χ1n) is 12.9. The van der Waals surface area contributed by atoms with Gasteiger partial charge in [-0.25, -0.2) is 0 Å². The van der Waals surface area contributed by atoms with Crippen molar-refractivity contribution >= 4 is 52.9 Å². The SMILES string of the molecule is COC(=O)CCC(=O)N[C@@H](C)C(=O)N[C@H](C)C(=O)N[C@@H](C)C(=O)N1CCC[C@H]1C(=O)NC(C(=O)CCl)C(C)C. The van der Waals surface area contributed by atoms with Crippen molar-refractivity contribution in [1.82, 2.24) is 26.2 Å². The molecule has 0 aromatic rings. The van der Waals surface area contributed by atoms with Crippen molar-refractivity contribution in [2.24, 2.45) is 5.92 Å². The third kappa shape index (κ3) is 10.5. The highest BCUT2D eigenvalue weighted by molar-refractivity contribution is 6.28. The van der Waals surface area contributed by atoms with Gasteiger partial charge in [0.25, 0.3) is 0 Å². The first-order valence-corrected chi connectivity index (χ1v) is 13.4. The summed E-state index contributed by atoms with van der Waals surface area (Å²) in [5.41, 5.74) is 0. The van der Waals surface area contributed by atoms with Gasteiger partial charge in [-0.3, -0.25) is 33.6 Å². The number of nitrogens with zero attached hydrogens (tertiary/aromatic N) is 1. The number of amides is 5. The third-order valence-electron chi connectivity index (χ3n) is 6.32. The fourth-order valence-corrected chi connectivity index (χ4v) is 4.17. The molecule has 0 saturated carbocycles. The topological polar surface area (TPSA) is 180 Å². The normalized spacial score (nSPS) is 17.8. The molecular weight excluding hydrogens is 534 g/mol. The van der Waals surface area contributed by atoms with Gasteiger partial charge in [-0.05, 0) is 39.5 Å². The minimum atomic E-state index is -1.03. The molecule has 14 heteroatoms. The monoisotopic (exact) mass is 573 g/mol. The molecule has 0 radical (unpaired) electrons. The molecule has 13 nitrogen and oxygen atoms in total. The van der Waals surface area contributed by atoms with Crippen molar-refractivity contribution in [3.63, 3.8) is 0 Å². The molecule has 0 spiro atoms. The second kappa shape index (κ2) is 16.0. The molecule has 220 valence electrons. The second-order valence-corrected chi connectivity index (χ2v) is 10.1. The summed E-state index contributed by atoms with van der Waals surface area (Å²) in [4.78, 5) is 87.5. The molecule has 0 bridgehead atoms. The Balaban J connectivity index is 2.66. The number of alkyl halides is 1. The summed E-state index contributed by atoms with van der Waals surface area (Å²) in [5.74, 6) is -4.04. The number of methoxy groups -OCH3 is 1. The first kappa shape index (κ1) is 33.8. The molecule has 1 aliphatic rings. The number of esters is 1. The van der Waals surface area contributed by atoms with Gasteiger partial charge in [-0.2, -0.15) is 0 Å². The Morgan fingerprint density at radius 3 is 1.95 bits per heavy atom. The molecule has 0 aromatic carbocycles. The van der Waals surface area contributed by atoms with E-state index in [4.69, 9.17) is 11.6 Å². The van der Waals surface area contributed by atoms with E-state index in [1.165, 1.54) is 32.8 Å². The van der Waals surface area contributed by atoms with Gasteiger partial charge < -0.3 is 30.9 Å². The summed E-state index contributed by atoms with van der Waals surface area (Å²) in [7, 11) is 1.20. The molecule has 4 N–H and O–H groups in total. The average Bonchev–Trinajstić information content (AvgIpc) is 3.38. The van der Waals surface area contributed by atoms with Crippen molar-refractivity contribution in [2.75, 3.05) is 19.5 Å². The number of ketones is 1. The highest BCUT2D eigenvalue weighted by atomic mass is 35.5. The van der Waals surface area contributed by atoms with Crippen LogP contribution in [0.25, 0.3) is 0 Å². The van der Waals surface area contributed by atoms with Gasteiger partial charge in [0.2, 0.25) is 29.5 Å². The molecule has 0 aromatic heterocycles. The summed E-state index contributed by atoms with van der Waals surface area (Å²) in [6.07, 6.45) is 0.700. The number of carbonyl (C=O) groups excluding carboxylic acids is 7. The zero-order valence-electron chi connectivity index (χ0n) is 23.3. The lowest BCUT2D eigenvalue weighted by atomic mass is 10.00. The van der Waals surface area contributed by atoms with Gasteiger partial charge in [0.1, 0.15) is 24.2 Å². The van der Waals surface area contributed by atoms with Crippen LogP contribution >= 0.6 is 11.6 Å². The van der Waals surface area contributed by atoms with Crippen LogP contribution in [0.2, 0.25) is 0 Å². The van der Waals surface area contributed by atoms with Crippen molar-refractivity contribution in [1.29, 1.82) is 0 Å². The summed E-state index contributed by atoms with van der Waals surface area (Å²) < 4.78 is 4.46. The molecule has 1 aliphatic heterocycles. The van der Waals surface area contributed by atoms with Gasteiger partial charge in [-0.15, -0.1) is 11.6 Å². The Labute approximate surface area is 233 Å². The quantitative estimate of drug-likeness (QED) is 0.157. The van der Waals surface area contributed by atoms with E-state index in [0.717, 1.165) is 0 Å². The third-order valence-corrected chi connectivity index (χ3v) is 6.58. The van der Waals surface area contributed by atoms with Gasteiger partial charge in [-0.1, -0.05) is 13.8 Å². The van der Waals surface area contributed by atoms with E-state index in [1.54, 1.807) is 13.8 Å². The van der Waals surface area contributed by atoms with Crippen molar-refractivity contribution < 1.29 is 38.3 Å². The van der Waals surface area contributed by atoms with Crippen LogP contribution in [0.1, 0.15) is 60.3 Å². The Bertz CT molecular complexity index is 943. The predicted molar refractivity (Wildman–Crippen MR) is 141 cm³/mol. The molecule has 1 saturated heterocycles. The van der Waals surface area contributed by atoms with Crippen LogP contribution in [0.5, 0.6) is 0 Å². The lowest BCUT2D eigenvalue weighted by molar-refractivity contribution is -0.142. The number of carbonyl (C=O) groups is 7. The summed E-state index contributed by atoms with van der Waals surface area (Å²) in [5, 5.41) is 10.1. The second-order valence-electron chi connectivity index (χ2n) is 9.85. The van der Waals surface area contributed by atoms with Gasteiger partial charge in [0.05, 0.1) is 25.5 Å². The molecule has 39 heavy (non-hydrogen) atoms. The average molecular weight is 574 g/mol. The van der Waals surface area contributed by atoms with Gasteiger partial charge in [0.15, 0.2) is 5.78 Å². The van der Waals surface area contributed by atoms with E-state index in [2.05, 4.69) is 26.0 Å². The number of hydrogen-bond donors (Lipinski definition) is 4. The fraction of sp³-hybridized carbons (Fsp3) is 0.720. The molecule has 1 unspecified atom stereocenters. The Morgan fingerprint density at radius 2 is 1.41 bits per heavy atom. The van der Waals surface area contributed by atoms with E-state index in [1.807, 2.05) is 0 Å². The van der Waals surface area contributed by atoms with Crippen LogP contribution in [0.15, 0.2) is 0 Å². The lowest BCUT2D eigenvalue weighted by Gasteiger charge is -2.29. The Hall–Kier alpha value is -3.22. The van der Waals surface area contributed by atoms with Crippen LogP contribution in [0.4, 0.5) is 0 Å². The smallest absolute Gasteiger partial charge is 0.306 e. The van der Waals surface area contributed by atoms with E-state index in [-0.39, 0.29) is 30.4 Å². The minimum Gasteiger partial charge on any atom is -0.469 e. The van der Waals surface area contributed by atoms with Crippen LogP contribution in [-0.4, -0.2) is 95.9 Å². The Morgan fingerprint density at radius 1 is 0.846 bits per heavy atom. The maximum Gasteiger partial charge on any atom is 0.306 e. The molecule has 5 amide bonds. The Kier molecular flexibility index (Phi) is 13.9. The van der Waals surface area contributed by atoms with Crippen LogP contribution < -0.4 is 21.3 Å². The van der Waals surface area contributed by atoms with Gasteiger partial charge in [0, 0.05) is 13.0 Å². The molecule has 1 rings (SSSR count). The van der Waals surface area contributed by atoms with Gasteiger partial charge >= 0.3 is 5.97 Å². The lowest BCUT2D eigenvalue weighted by Crippen LogP contribution is -2.57. The van der Waals surface area contributed by atoms with E-state index in [0.29, 0.717) is 19.4 Å². The van der Waals surface area contributed by atoms with E-state index >= 15 is 0 Å². The highest BCUT2D eigenvalue weighted by Gasteiger charge is 2.38. The zero-order chi connectivity index (χ0) is 29.9. The van der Waals surface area contributed by atoms with Crippen molar-refractivity contribution in [2.45, 2.75) is 90.5 Å². The van der Waals surface area contributed by atoms with E-state index in [9.17, 15) is 33.6 Å². The number of halogens is 1. The molecular formula is C25H40ClN5O8. The largest absolute Gasteiger partial charge is 0.469 e. The number of likely N-dealkylation sites (tertiary alicyclic amines) is 1. The molecule has 0 aliphatic carbocycles. The number of Topliss-reactive ketones (excluding diaryl/α,β-unsaturated/α-hetero) is 1.